The maximum absolute atomic E-state index is 5.83. The van der Waals surface area contributed by atoms with E-state index >= 15 is 0 Å². The van der Waals surface area contributed by atoms with Crippen LogP contribution in [-0.2, 0) is 0 Å². The van der Waals surface area contributed by atoms with Gasteiger partial charge in [0.2, 0.25) is 101 Å². The molecule has 6 heterocycles. The Bertz CT molecular complexity index is 2860. The van der Waals surface area contributed by atoms with Gasteiger partial charge in [-0.2, -0.15) is 89.7 Å². The number of unbranched alkanes of at least 4 members (excludes halogenated alkanes) is 9. The maximum atomic E-state index is 5.83. The molecule has 119 heavy (non-hydrogen) atoms. The van der Waals surface area contributed by atoms with Gasteiger partial charge in [-0.3, -0.25) is 0 Å². The molecule has 0 fully saturated rings. The van der Waals surface area contributed by atoms with Crippen molar-refractivity contribution in [2.24, 2.45) is 34.4 Å². The van der Waals surface area contributed by atoms with Gasteiger partial charge in [0.1, 0.15) is 0 Å². The summed E-state index contributed by atoms with van der Waals surface area (Å²) >= 11 is 48.9. The molecule has 0 aliphatic rings. The summed E-state index contributed by atoms with van der Waals surface area (Å²) in [5.41, 5.74) is 31.6. The van der Waals surface area contributed by atoms with Crippen molar-refractivity contribution in [2.45, 2.75) is 240 Å². The highest BCUT2D eigenvalue weighted by Crippen LogP contribution is 2.15. The SMILES string of the molecule is CCCCC.CCCCN.CCCCNc1nc(Cl)nc(Cl)n1.CCCCNc1nc(Cl)nc(NCCCC)n1.CCCCNc1nc(NCCN)nc(NCCCC)n1.CCCCNc1nc(NCCN)nc(NCCN)n1.CCCN.CCCN.CCN(CC)CC.CCN(CC)CC.Clc1nc(Cl)nc(Cl)n1.Clc1nc(Cl)nc(Cl)n1. The van der Waals surface area contributed by atoms with Crippen LogP contribution < -0.4 is 82.3 Å². The second kappa shape index (κ2) is 94.8. The third kappa shape index (κ3) is 85.9. The number of nitrogens with zero attached hydrogens (tertiary/aromatic N) is 20. The molecule has 0 aliphatic carbocycles. The van der Waals surface area contributed by atoms with E-state index in [2.05, 4.69) is 265 Å². The van der Waals surface area contributed by atoms with E-state index in [1.165, 1.54) is 71.4 Å². The monoisotopic (exact) mass is 1860 g/mol. The van der Waals surface area contributed by atoms with Crippen molar-refractivity contribution in [2.75, 3.05) is 185 Å². The molecule has 0 saturated heterocycles. The number of nitrogens with two attached hydrogens (primary N) is 6. The third-order valence-electron chi connectivity index (χ3n) is 14.3. The second-order valence-corrected chi connectivity index (χ2v) is 27.5. The lowest BCUT2D eigenvalue weighted by Gasteiger charge is -2.13. The standard InChI is InChI=1S/C13H27N7.C11H20ClN5.C11H24N8.C7H10Cl2N4.2C6H15N.C5H12.C4H11N.2C3Cl3N3.2C3H9N/c1-3-5-8-15-11-18-12(16-9-6-4-2)20-13(19-11)17-10-7-14;1-3-5-7-13-10-15-9(12)16-11(17-10)14-8-6-4-2;1-2-3-6-14-9-17-10(15-7-4-12)19-11(18-9)16-8-5-13;1-2-3-4-10-7-12-5(8)11-6(9)13-7;2*1-4-7(5-2)6-3;1-3-5-4-2;1-2-3-4-5;2*4-1-7-2(5)9-3(6)8-1;2*1-2-3-4/h3-10,14H2,1-2H3,(H3,15,16,17,18,19,20);3-8H2,1-2H3,(H2,13,14,15,16,17);2-8,12-13H2,1H3,(H3,14,15,16,17,18,19);2-4H2,1H3,(H,10,11,12,13);2*4-6H2,1-3H3;3-5H2,1-2H3;2-5H2,1H3;;;2*2-4H2,1H3. The van der Waals surface area contributed by atoms with Crippen LogP contribution in [0.15, 0.2) is 0 Å². The summed E-state index contributed by atoms with van der Waals surface area (Å²) in [6, 6.07) is 0. The molecule has 690 valence electrons. The van der Waals surface area contributed by atoms with Crippen LogP contribution in [0.25, 0.3) is 0 Å². The molecule has 0 bridgehead atoms. The van der Waals surface area contributed by atoms with Gasteiger partial charge in [-0.25, -0.2) is 0 Å². The summed E-state index contributed by atoms with van der Waals surface area (Å²) in [6.45, 7) is 54.8. The van der Waals surface area contributed by atoms with Crippen LogP contribution >= 0.6 is 104 Å². The lowest BCUT2D eigenvalue weighted by molar-refractivity contribution is 0.321. The molecule has 0 unspecified atom stereocenters. The van der Waals surface area contributed by atoms with E-state index in [-0.39, 0.29) is 47.6 Å². The molecule has 21 N–H and O–H groups in total. The molecule has 0 amide bonds. The van der Waals surface area contributed by atoms with Crippen molar-refractivity contribution in [3.8, 4) is 0 Å². The fourth-order valence-electron chi connectivity index (χ4n) is 7.46. The van der Waals surface area contributed by atoms with Gasteiger partial charge < -0.3 is 92.1 Å². The van der Waals surface area contributed by atoms with E-state index < -0.39 is 0 Å². The second-order valence-electron chi connectivity index (χ2n) is 24.5. The Labute approximate surface area is 759 Å². The molecule has 35 nitrogen and oxygen atoms in total. The first-order chi connectivity index (χ1) is 57.3. The number of nitrogens with one attached hydrogen (secondary N) is 9. The first kappa shape index (κ1) is 124. The molecule has 6 rings (SSSR count). The van der Waals surface area contributed by atoms with Crippen molar-refractivity contribution >= 4 is 158 Å². The van der Waals surface area contributed by atoms with Crippen LogP contribution in [-0.4, -0.2) is 237 Å². The highest BCUT2D eigenvalue weighted by atomic mass is 35.5. The lowest BCUT2D eigenvalue weighted by Crippen LogP contribution is -2.21. The largest absolute Gasteiger partial charge is 0.354 e. The van der Waals surface area contributed by atoms with E-state index in [1.54, 1.807) is 0 Å². The van der Waals surface area contributed by atoms with Crippen molar-refractivity contribution in [1.82, 2.24) is 99.5 Å². The molecular formula is C75H152Cl9N35. The maximum Gasteiger partial charge on any atom is 0.229 e. The zero-order chi connectivity index (χ0) is 90.9. The average Bonchev–Trinajstić information content (AvgIpc) is 0.900. The smallest absolute Gasteiger partial charge is 0.229 e. The molecule has 0 aliphatic heterocycles. The number of anilines is 9. The van der Waals surface area contributed by atoms with Crippen LogP contribution in [0.1, 0.15) is 240 Å². The number of rotatable bonds is 45. The Morgan fingerprint density at radius 1 is 0.176 bits per heavy atom. The molecule has 0 spiro atoms. The Morgan fingerprint density at radius 3 is 0.437 bits per heavy atom. The normalized spacial score (nSPS) is 9.83. The van der Waals surface area contributed by atoms with Crippen molar-refractivity contribution in [3.63, 3.8) is 0 Å². The highest BCUT2D eigenvalue weighted by Gasteiger charge is 2.10. The van der Waals surface area contributed by atoms with Gasteiger partial charge >= 0.3 is 0 Å². The summed E-state index contributed by atoms with van der Waals surface area (Å²) in [5, 5.41) is 28.5. The van der Waals surface area contributed by atoms with Gasteiger partial charge in [0.15, 0.2) is 0 Å². The van der Waals surface area contributed by atoms with E-state index in [9.17, 15) is 0 Å². The Kier molecular flexibility index (Phi) is 99.1. The number of aromatic nitrogens is 18. The van der Waals surface area contributed by atoms with E-state index in [1.807, 2.05) is 0 Å². The Hall–Kier alpha value is -5.45. The average molecular weight is 1860 g/mol. The fraction of sp³-hybridized carbons (Fsp3) is 0.760. The minimum absolute atomic E-state index is 0.000000000000000444. The van der Waals surface area contributed by atoms with E-state index in [4.69, 9.17) is 139 Å². The van der Waals surface area contributed by atoms with Gasteiger partial charge in [0.25, 0.3) is 0 Å². The van der Waals surface area contributed by atoms with Gasteiger partial charge in [0, 0.05) is 78.5 Å². The van der Waals surface area contributed by atoms with Gasteiger partial charge in [-0.1, -0.05) is 182 Å². The lowest BCUT2D eigenvalue weighted by atomic mass is 10.3. The quantitative estimate of drug-likeness (QED) is 0.0158. The molecule has 44 heteroatoms. The third-order valence-corrected chi connectivity index (χ3v) is 15.8. The van der Waals surface area contributed by atoms with Crippen molar-refractivity contribution < 1.29 is 0 Å². The molecule has 0 saturated carbocycles. The fourth-order valence-corrected chi connectivity index (χ4v) is 9.20. The Morgan fingerprint density at radius 2 is 0.319 bits per heavy atom. The van der Waals surface area contributed by atoms with Gasteiger partial charge in [0.05, 0.1) is 0 Å². The summed E-state index contributed by atoms with van der Waals surface area (Å²) in [4.78, 5) is 75.0. The molecule has 6 aromatic rings. The number of hydrogen-bond acceptors (Lipinski definition) is 35. The van der Waals surface area contributed by atoms with Crippen LogP contribution in [0.5, 0.6) is 0 Å². The predicted octanol–water partition coefficient (Wildman–Crippen LogP) is 16.8. The molecule has 6 aromatic heterocycles. The first-order valence-electron chi connectivity index (χ1n) is 42.1. The number of halogens is 9. The minimum atomic E-state index is 0.000000000000000444. The van der Waals surface area contributed by atoms with Crippen molar-refractivity contribution in [1.29, 1.82) is 0 Å². The zero-order valence-corrected chi connectivity index (χ0v) is 81.4. The van der Waals surface area contributed by atoms with Gasteiger partial charge in [-0.15, -0.1) is 0 Å². The zero-order valence-electron chi connectivity index (χ0n) is 74.6. The predicted molar refractivity (Wildman–Crippen MR) is 512 cm³/mol. The van der Waals surface area contributed by atoms with Gasteiger partial charge in [-0.05, 0) is 221 Å². The van der Waals surface area contributed by atoms with E-state index in [0.29, 0.717) is 92.8 Å². The Balaban J connectivity index is -0.000000304. The minimum Gasteiger partial charge on any atom is -0.354 e. The first-order valence-corrected chi connectivity index (χ1v) is 45.5. The summed E-state index contributed by atoms with van der Waals surface area (Å²) in [7, 11) is 0. The molecule has 0 atom stereocenters. The van der Waals surface area contributed by atoms with Crippen LogP contribution in [0.2, 0.25) is 47.6 Å². The molecule has 0 radical (unpaired) electrons. The summed E-state index contributed by atoms with van der Waals surface area (Å²) < 4.78 is 0. The van der Waals surface area contributed by atoms with Crippen LogP contribution in [0, 0.1) is 0 Å². The van der Waals surface area contributed by atoms with Crippen molar-refractivity contribution in [3.05, 3.63) is 47.6 Å². The highest BCUT2D eigenvalue weighted by molar-refractivity contribution is 6.34. The van der Waals surface area contributed by atoms with Crippen LogP contribution in [0.4, 0.5) is 53.5 Å². The number of hydrogen-bond donors (Lipinski definition) is 15. The topological polar surface area (TPSA) is 503 Å². The summed E-state index contributed by atoms with van der Waals surface area (Å²) in [6.07, 6.45) is 21.9. The molecule has 0 aromatic carbocycles. The summed E-state index contributed by atoms with van der Waals surface area (Å²) in [5.74, 6) is 4.86. The van der Waals surface area contributed by atoms with Crippen LogP contribution in [0.3, 0.4) is 0 Å². The molecular weight excluding hydrogens is 1710 g/mol. The van der Waals surface area contributed by atoms with E-state index in [0.717, 1.165) is 149 Å².